The van der Waals surface area contributed by atoms with E-state index in [-0.39, 0.29) is 11.5 Å². The van der Waals surface area contributed by atoms with Gasteiger partial charge < -0.3 is 4.90 Å². The Labute approximate surface area is 203 Å². The lowest BCUT2D eigenvalue weighted by Gasteiger charge is -2.11. The first kappa shape index (κ1) is 21.8. The summed E-state index contributed by atoms with van der Waals surface area (Å²) in [6, 6.07) is 14.9. The van der Waals surface area contributed by atoms with E-state index in [1.165, 1.54) is 16.3 Å². The first-order valence-electron chi connectivity index (χ1n) is 10.2. The summed E-state index contributed by atoms with van der Waals surface area (Å²) in [6.45, 7) is 5.88. The van der Waals surface area contributed by atoms with E-state index in [1.807, 2.05) is 36.2 Å². The maximum Gasteiger partial charge on any atom is 0.283 e. The van der Waals surface area contributed by atoms with E-state index in [0.717, 1.165) is 15.6 Å². The van der Waals surface area contributed by atoms with Crippen molar-refractivity contribution in [3.05, 3.63) is 85.8 Å². The number of anilines is 2. The van der Waals surface area contributed by atoms with Crippen LogP contribution < -0.4 is 24.7 Å². The van der Waals surface area contributed by atoms with Crippen molar-refractivity contribution < 1.29 is 4.79 Å². The Hall–Kier alpha value is -3.07. The number of hydrogen-bond donors (Lipinski definition) is 0. The summed E-state index contributed by atoms with van der Waals surface area (Å²) in [7, 11) is 1.95. The Kier molecular flexibility index (Phi) is 5.52. The number of carbonyl (C=O) groups is 1. The molecule has 0 unspecified atom stereocenters. The molecule has 0 fully saturated rings. The normalized spacial score (nSPS) is 18.6. The minimum absolute atomic E-state index is 0.143. The van der Waals surface area contributed by atoms with Crippen molar-refractivity contribution in [3.63, 3.8) is 0 Å². The summed E-state index contributed by atoms with van der Waals surface area (Å²) in [5.74, 6) is -0.277. The van der Waals surface area contributed by atoms with Crippen molar-refractivity contribution in [3.8, 4) is 0 Å². The molecule has 1 amide bonds. The summed E-state index contributed by atoms with van der Waals surface area (Å²) in [5, 5.41) is 7.26. The average Bonchev–Trinajstić information content (AvgIpc) is 3.41. The van der Waals surface area contributed by atoms with Crippen LogP contribution in [-0.4, -0.2) is 23.2 Å². The molecule has 0 spiro atoms. The van der Waals surface area contributed by atoms with Crippen LogP contribution >= 0.6 is 34.7 Å². The molecule has 2 aliphatic heterocycles. The third-order valence-corrected chi connectivity index (χ3v) is 8.24. The highest BCUT2D eigenvalue weighted by atomic mass is 35.5. The van der Waals surface area contributed by atoms with Gasteiger partial charge in [-0.2, -0.15) is 10.1 Å². The van der Waals surface area contributed by atoms with Gasteiger partial charge in [0.25, 0.3) is 11.5 Å². The third-order valence-electron chi connectivity index (χ3n) is 5.43. The highest BCUT2D eigenvalue weighted by Gasteiger charge is 2.32. The first-order valence-corrected chi connectivity index (χ1v) is 12.2. The predicted octanol–water partition coefficient (Wildman–Crippen LogP) is 3.63. The Morgan fingerprint density at radius 1 is 1.12 bits per heavy atom. The van der Waals surface area contributed by atoms with Crippen molar-refractivity contribution in [2.45, 2.75) is 18.4 Å². The van der Waals surface area contributed by atoms with Gasteiger partial charge in [0, 0.05) is 23.5 Å². The molecule has 2 aromatic carbocycles. The third kappa shape index (κ3) is 3.55. The van der Waals surface area contributed by atoms with Gasteiger partial charge in [-0.05, 0) is 43.3 Å². The maximum atomic E-state index is 13.5. The number of carbonyl (C=O) groups excluding carboxylic acids is 1. The summed E-state index contributed by atoms with van der Waals surface area (Å²) in [5.41, 5.74) is 2.50. The largest absolute Gasteiger partial charge is 0.337 e. The fourth-order valence-corrected chi connectivity index (χ4v) is 6.51. The van der Waals surface area contributed by atoms with Crippen LogP contribution in [0, 0.1) is 0 Å². The van der Waals surface area contributed by atoms with Crippen molar-refractivity contribution >= 4 is 68.3 Å². The van der Waals surface area contributed by atoms with Gasteiger partial charge in [0.1, 0.15) is 14.2 Å². The van der Waals surface area contributed by atoms with Gasteiger partial charge in [-0.1, -0.05) is 41.6 Å². The highest BCUT2D eigenvalue weighted by molar-refractivity contribution is 8.08. The zero-order valence-corrected chi connectivity index (χ0v) is 20.3. The van der Waals surface area contributed by atoms with Crippen LogP contribution in [0.2, 0.25) is 5.02 Å². The lowest BCUT2D eigenvalue weighted by atomic mass is 10.2. The van der Waals surface area contributed by atoms with Crippen LogP contribution in [-0.2, 0) is 11.3 Å². The molecule has 3 aromatic rings. The molecule has 0 bridgehead atoms. The van der Waals surface area contributed by atoms with Gasteiger partial charge >= 0.3 is 0 Å². The van der Waals surface area contributed by atoms with Gasteiger partial charge in [0.2, 0.25) is 0 Å². The number of thioether (sulfide) groups is 1. The van der Waals surface area contributed by atoms with Crippen LogP contribution in [0.25, 0.3) is 10.6 Å². The van der Waals surface area contributed by atoms with Gasteiger partial charge in [0.15, 0.2) is 0 Å². The maximum absolute atomic E-state index is 13.5. The second-order valence-electron chi connectivity index (χ2n) is 7.53. The molecule has 2 aliphatic rings. The van der Waals surface area contributed by atoms with Crippen LogP contribution in [0.1, 0.15) is 6.92 Å². The van der Waals surface area contributed by atoms with Crippen LogP contribution in [0.5, 0.6) is 0 Å². The second kappa shape index (κ2) is 8.37. The van der Waals surface area contributed by atoms with E-state index in [4.69, 9.17) is 11.6 Å². The second-order valence-corrected chi connectivity index (χ2v) is 9.99. The molecule has 166 valence electrons. The summed E-state index contributed by atoms with van der Waals surface area (Å²) >= 11 is 8.87. The predicted molar refractivity (Wildman–Crippen MR) is 138 cm³/mol. The van der Waals surface area contributed by atoms with E-state index in [9.17, 15) is 9.59 Å². The minimum atomic E-state index is -0.277. The number of para-hydroxylation sites is 1. The Morgan fingerprint density at radius 3 is 2.55 bits per heavy atom. The lowest BCUT2D eigenvalue weighted by Crippen LogP contribution is -2.35. The molecular formula is C24H19ClN4O2S2. The number of amides is 1. The molecule has 6 nitrogen and oxygen atoms in total. The number of hydrazone groups is 1. The van der Waals surface area contributed by atoms with Crippen molar-refractivity contribution in [1.82, 2.24) is 4.57 Å². The zero-order chi connectivity index (χ0) is 23.3. The summed E-state index contributed by atoms with van der Waals surface area (Å²) in [6.07, 6.45) is 1.66. The fourth-order valence-electron chi connectivity index (χ4n) is 3.84. The molecule has 0 aliphatic carbocycles. The number of hydrogen-bond acceptors (Lipinski definition) is 6. The van der Waals surface area contributed by atoms with Gasteiger partial charge in [-0.25, -0.2) is 0 Å². The molecule has 0 radical (unpaired) electrons. The summed E-state index contributed by atoms with van der Waals surface area (Å²) < 4.78 is 2.78. The number of nitrogens with zero attached hydrogens (tertiary/aromatic N) is 4. The molecule has 1 aromatic heterocycles. The molecule has 5 rings (SSSR count). The number of rotatable bonds is 3. The topological polar surface area (TPSA) is 57.9 Å². The quantitative estimate of drug-likeness (QED) is 0.522. The Bertz CT molecular complexity index is 1520. The smallest absolute Gasteiger partial charge is 0.283 e. The number of aromatic nitrogens is 1. The van der Waals surface area contributed by atoms with E-state index in [2.05, 4.69) is 11.7 Å². The number of fused-ring (bicyclic) bond motifs is 1. The molecule has 3 heterocycles. The average molecular weight is 495 g/mol. The SMILES string of the molecule is C=CCn1c(=O)/c(=C2/Sc3ccccc3N2C)s/c1=C1\C(=O)N(c2ccc(Cl)cc2)N=C1C. The van der Waals surface area contributed by atoms with E-state index in [0.29, 0.717) is 37.7 Å². The van der Waals surface area contributed by atoms with Crippen LogP contribution in [0.4, 0.5) is 11.4 Å². The zero-order valence-electron chi connectivity index (χ0n) is 17.9. The Morgan fingerprint density at radius 2 is 1.85 bits per heavy atom. The van der Waals surface area contributed by atoms with Gasteiger partial charge in [0.05, 0.1) is 22.7 Å². The van der Waals surface area contributed by atoms with Crippen molar-refractivity contribution in [1.29, 1.82) is 0 Å². The summed E-state index contributed by atoms with van der Waals surface area (Å²) in [4.78, 5) is 30.0. The molecule has 0 atom stereocenters. The molecular weight excluding hydrogens is 476 g/mol. The molecule has 9 heteroatoms. The van der Waals surface area contributed by atoms with Gasteiger partial charge in [-0.3, -0.25) is 14.2 Å². The van der Waals surface area contributed by atoms with E-state index < -0.39 is 0 Å². The van der Waals surface area contributed by atoms with Crippen molar-refractivity contribution in [2.75, 3.05) is 17.0 Å². The minimum Gasteiger partial charge on any atom is -0.337 e. The van der Waals surface area contributed by atoms with Crippen LogP contribution in [0.3, 0.4) is 0 Å². The number of halogens is 1. The number of allylic oxidation sites excluding steroid dienone is 1. The Balaban J connectivity index is 1.72. The fraction of sp³-hybridized carbons (Fsp3) is 0.125. The van der Waals surface area contributed by atoms with Crippen molar-refractivity contribution in [2.24, 2.45) is 5.10 Å². The lowest BCUT2D eigenvalue weighted by molar-refractivity contribution is -0.112. The van der Waals surface area contributed by atoms with E-state index >= 15 is 0 Å². The van der Waals surface area contributed by atoms with Gasteiger partial charge in [-0.15, -0.1) is 17.9 Å². The van der Waals surface area contributed by atoms with Crippen LogP contribution in [0.15, 0.2) is 76.0 Å². The number of thiazole rings is 1. The molecule has 0 N–H and O–H groups in total. The van der Waals surface area contributed by atoms with E-state index in [1.54, 1.807) is 53.6 Å². The highest BCUT2D eigenvalue weighted by Crippen LogP contribution is 2.44. The number of benzene rings is 2. The standard InChI is InChI=1S/C24H19ClN4O2S2/c1-4-13-28-22(31)20(24-27(3)17-7-5-6-8-18(17)32-24)33-23(28)19-14(2)26-29(21(19)30)16-11-9-15(25)10-12-16/h4-12H,1,13H2,2-3H3/b23-19-,24-20-. The monoisotopic (exact) mass is 494 g/mol. The molecule has 0 saturated carbocycles. The first-order chi connectivity index (χ1) is 15.9. The molecule has 33 heavy (non-hydrogen) atoms. The molecule has 0 saturated heterocycles.